The first-order chi connectivity index (χ1) is 29.4. The average Bonchev–Trinajstić information content (AvgIpc) is 3.17. The Kier molecular flexibility index (Phi) is 11.5. The first-order valence-corrected chi connectivity index (χ1v) is 23.4. The molecule has 0 unspecified atom stereocenters. The van der Waals surface area contributed by atoms with Crippen LogP contribution in [0.4, 0.5) is 46.3 Å². The molecule has 2 aliphatic rings. The number of nitrogen functional groups attached to an aromatic ring is 1. The second-order valence-electron chi connectivity index (χ2n) is 12.7. The van der Waals surface area contributed by atoms with Gasteiger partial charge < -0.3 is 30.6 Å². The molecule has 0 saturated heterocycles. The van der Waals surface area contributed by atoms with Crippen LogP contribution < -0.4 is 46.6 Å². The van der Waals surface area contributed by atoms with Gasteiger partial charge in [0.15, 0.2) is 54.6 Å². The van der Waals surface area contributed by atoms with E-state index in [4.69, 9.17) is 47.7 Å². The number of methoxy groups -OCH3 is 1. The number of nitrogens with two attached hydrogens (primary N) is 1. The molecular formula is C32H24Cl2N10O15S4. The lowest BCUT2D eigenvalue weighted by atomic mass is 10.1. The topological polar surface area (TPSA) is 383 Å². The van der Waals surface area contributed by atoms with Gasteiger partial charge in [0.25, 0.3) is 20.2 Å². The Morgan fingerprint density at radius 1 is 0.810 bits per heavy atom. The molecule has 330 valence electrons. The number of hydrogen-bond acceptors (Lipinski definition) is 22. The maximum Gasteiger partial charge on any atom is 0.397 e. The van der Waals surface area contributed by atoms with Crippen LogP contribution >= 0.6 is 23.2 Å². The van der Waals surface area contributed by atoms with Gasteiger partial charge in [-0.3, -0.25) is 19.0 Å². The largest absolute Gasteiger partial charge is 0.494 e. The lowest BCUT2D eigenvalue weighted by Crippen LogP contribution is -2.23. The predicted octanol–water partition coefficient (Wildman–Crippen LogP) is 3.66. The number of nitrogens with one attached hydrogen (secondary N) is 3. The molecule has 0 aliphatic carbocycles. The molecule has 63 heavy (non-hydrogen) atoms. The van der Waals surface area contributed by atoms with E-state index in [1.54, 1.807) is 6.19 Å². The Bertz CT molecular complexity index is 3470. The number of hydrogen-bond donors (Lipinski definition) is 7. The number of nitrogens with zero attached hydrogens (tertiary/aromatic N) is 6. The third-order valence-corrected chi connectivity index (χ3v) is 13.2. The van der Waals surface area contributed by atoms with Crippen LogP contribution in [-0.2, 0) is 44.7 Å². The molecule has 7 rings (SSSR count). The highest BCUT2D eigenvalue weighted by Gasteiger charge is 2.36. The lowest BCUT2D eigenvalue weighted by Gasteiger charge is -2.24. The van der Waals surface area contributed by atoms with E-state index in [0.29, 0.717) is 0 Å². The van der Waals surface area contributed by atoms with Crippen molar-refractivity contribution in [1.82, 2.24) is 15.0 Å². The van der Waals surface area contributed by atoms with Gasteiger partial charge in [0.05, 0.1) is 35.7 Å². The van der Waals surface area contributed by atoms with Gasteiger partial charge in [-0.05, 0) is 36.8 Å². The smallest absolute Gasteiger partial charge is 0.397 e. The second-order valence-corrected chi connectivity index (χ2v) is 19.3. The number of sulfone groups is 1. The van der Waals surface area contributed by atoms with Crippen molar-refractivity contribution in [3.05, 3.63) is 62.7 Å². The van der Waals surface area contributed by atoms with Crippen LogP contribution in [0.1, 0.15) is 5.56 Å². The van der Waals surface area contributed by atoms with Crippen LogP contribution in [0.25, 0.3) is 0 Å². The second kappa shape index (κ2) is 16.2. The van der Waals surface area contributed by atoms with Crippen LogP contribution in [-0.4, -0.2) is 81.8 Å². The highest BCUT2D eigenvalue weighted by molar-refractivity contribution is 7.91. The van der Waals surface area contributed by atoms with E-state index in [1.807, 2.05) is 0 Å². The monoisotopic (exact) mass is 986 g/mol. The number of halogens is 2. The minimum absolute atomic E-state index is 0.0334. The lowest BCUT2D eigenvalue weighted by molar-refractivity contribution is 0.284. The molecule has 0 spiro atoms. The van der Waals surface area contributed by atoms with E-state index in [9.17, 15) is 48.0 Å². The Labute approximate surface area is 364 Å². The standard InChI is InChI=1S/C32H24Cl2N10O15S4/c1-12-8-15-24(29(20(12)36)62(50,51)52)58-25-19(34)23-26(18(33)22(25)39-15)59-27-21(41-23)17(56-2)10-16(28(27)61(47,48)49)40-32-43-30(37-11-35)42-31(44-32)38-13-4-3-5-14(9-13)60(45,46)7-6-57-63(53,54)55/h3-5,8-10H,6-7,36H2,1-2H3,(H,47,48,49)(H,50,51,52)(H,53,54,55)(H3,37,38,40,42,43,44). The van der Waals surface area contributed by atoms with Crippen LogP contribution in [0.5, 0.6) is 28.7 Å². The highest BCUT2D eigenvalue weighted by Crippen LogP contribution is 2.52. The molecule has 4 aromatic carbocycles. The van der Waals surface area contributed by atoms with E-state index in [-0.39, 0.29) is 66.4 Å². The minimum atomic E-state index is -5.33. The quantitative estimate of drug-likeness (QED) is 0.0375. The van der Waals surface area contributed by atoms with Gasteiger partial charge in [-0.15, -0.1) is 0 Å². The van der Waals surface area contributed by atoms with Crippen LogP contribution in [0, 0.1) is 18.4 Å². The molecule has 0 amide bonds. The summed E-state index contributed by atoms with van der Waals surface area (Å²) in [5.41, 5.74) is 4.80. The van der Waals surface area contributed by atoms with Crippen molar-refractivity contribution >= 4 is 110 Å². The summed E-state index contributed by atoms with van der Waals surface area (Å²) in [6, 6.07) is 7.35. The van der Waals surface area contributed by atoms with Crippen molar-refractivity contribution in [2.75, 3.05) is 41.2 Å². The van der Waals surface area contributed by atoms with E-state index in [0.717, 1.165) is 19.2 Å². The maximum absolute atomic E-state index is 13.2. The summed E-state index contributed by atoms with van der Waals surface area (Å²) in [5.74, 6) is -4.31. The van der Waals surface area contributed by atoms with Crippen LogP contribution in [0.2, 0.25) is 10.0 Å². The summed E-state index contributed by atoms with van der Waals surface area (Å²) >= 11 is 13.5. The summed E-state index contributed by atoms with van der Waals surface area (Å²) in [5, 5.41) is 15.5. The fourth-order valence-corrected chi connectivity index (χ4v) is 9.56. The maximum atomic E-state index is 13.2. The number of anilines is 6. The zero-order valence-electron chi connectivity index (χ0n) is 31.3. The van der Waals surface area contributed by atoms with E-state index in [2.05, 4.69) is 45.1 Å². The molecule has 0 radical (unpaired) electrons. The predicted molar refractivity (Wildman–Crippen MR) is 218 cm³/mol. The molecule has 0 atom stereocenters. The number of aromatic nitrogens is 3. The average molecular weight is 988 g/mol. The summed E-state index contributed by atoms with van der Waals surface area (Å²) in [4.78, 5) is 18.9. The highest BCUT2D eigenvalue weighted by atomic mass is 35.5. The number of fused-ring (bicyclic) bond motifs is 4. The van der Waals surface area contributed by atoms with E-state index in [1.165, 1.54) is 31.2 Å². The Balaban J connectivity index is 1.31. The molecule has 1 aromatic heterocycles. The zero-order chi connectivity index (χ0) is 46.0. The molecule has 3 heterocycles. The first-order valence-electron chi connectivity index (χ1n) is 16.8. The molecule has 2 aliphatic heterocycles. The molecule has 25 nitrogen and oxygen atoms in total. The summed E-state index contributed by atoms with van der Waals surface area (Å²) < 4.78 is 149. The van der Waals surface area contributed by atoms with Gasteiger partial charge in [-0.25, -0.2) is 22.6 Å². The van der Waals surface area contributed by atoms with Gasteiger partial charge in [0.2, 0.25) is 17.8 Å². The van der Waals surface area contributed by atoms with Gasteiger partial charge in [-0.2, -0.15) is 45.5 Å². The minimum Gasteiger partial charge on any atom is -0.494 e. The SMILES string of the molecule is COc1cc(Nc2nc(NC#N)nc(Nc3cccc(S(=O)(=O)CCOS(=O)(=O)O)c3)n2)c(S(=O)(=O)O)c2c1N=c1c(Cl)c3c(c(Cl)c1O2)=Nc1cc(C)c(N)c(S(=O)(=O)O)c1O3. The number of rotatable bonds is 13. The van der Waals surface area contributed by atoms with Crippen LogP contribution in [0.15, 0.2) is 61.1 Å². The van der Waals surface area contributed by atoms with E-state index < -0.39 is 102 Å². The Morgan fingerprint density at radius 3 is 2.02 bits per heavy atom. The molecule has 5 aromatic rings. The van der Waals surface area contributed by atoms with E-state index >= 15 is 0 Å². The number of nitriles is 1. The molecule has 0 bridgehead atoms. The van der Waals surface area contributed by atoms with Crippen molar-refractivity contribution in [2.24, 2.45) is 9.98 Å². The van der Waals surface area contributed by atoms with Gasteiger partial charge >= 0.3 is 10.4 Å². The summed E-state index contributed by atoms with van der Waals surface area (Å²) in [6.45, 7) is 0.547. The molecule has 0 fully saturated rings. The molecule has 8 N–H and O–H groups in total. The first kappa shape index (κ1) is 44.8. The van der Waals surface area contributed by atoms with Gasteiger partial charge in [0, 0.05) is 11.8 Å². The Morgan fingerprint density at radius 2 is 1.41 bits per heavy atom. The fraction of sp³-hybridized carbons (Fsp3) is 0.125. The third kappa shape index (κ3) is 8.89. The fourth-order valence-electron chi connectivity index (χ4n) is 5.94. The molecular weight excluding hydrogens is 964 g/mol. The van der Waals surface area contributed by atoms with Crippen molar-refractivity contribution in [3.8, 4) is 34.9 Å². The zero-order valence-corrected chi connectivity index (χ0v) is 36.0. The van der Waals surface area contributed by atoms with Crippen molar-refractivity contribution in [2.45, 2.75) is 21.6 Å². The number of aryl methyl sites for hydroxylation is 1. The van der Waals surface area contributed by atoms with Crippen molar-refractivity contribution in [3.63, 3.8) is 0 Å². The normalized spacial score (nSPS) is 13.0. The van der Waals surface area contributed by atoms with Crippen molar-refractivity contribution in [1.29, 1.82) is 5.26 Å². The van der Waals surface area contributed by atoms with Gasteiger partial charge in [-0.1, -0.05) is 29.3 Å². The number of benzene rings is 4. The number of ether oxygens (including phenoxy) is 3. The van der Waals surface area contributed by atoms with Crippen molar-refractivity contribution < 1.29 is 65.7 Å². The third-order valence-electron chi connectivity index (χ3n) is 8.56. The summed E-state index contributed by atoms with van der Waals surface area (Å²) in [6.07, 6.45) is 1.60. The molecule has 31 heteroatoms. The van der Waals surface area contributed by atoms with Gasteiger partial charge in [0.1, 0.15) is 32.1 Å². The Hall–Kier alpha value is -6.20. The summed E-state index contributed by atoms with van der Waals surface area (Å²) in [7, 11) is -18.2. The molecule has 0 saturated carbocycles. The van der Waals surface area contributed by atoms with Crippen LogP contribution in [0.3, 0.4) is 0 Å².